The molecular weight excluding hydrogens is 344 g/mol. The molecule has 0 unspecified atom stereocenters. The molecule has 1 heterocycles. The minimum Gasteiger partial charge on any atom is -0.482 e. The average molecular weight is 362 g/mol. The minimum atomic E-state index is -0.793. The summed E-state index contributed by atoms with van der Waals surface area (Å²) in [6.45, 7) is 2.41. The molecule has 0 aliphatic heterocycles. The Bertz CT molecular complexity index is 873. The molecule has 2 aromatic rings. The highest BCUT2D eigenvalue weighted by molar-refractivity contribution is 5.95. The van der Waals surface area contributed by atoms with Crippen molar-refractivity contribution in [1.29, 1.82) is 0 Å². The lowest BCUT2D eigenvalue weighted by molar-refractivity contribution is -0.150. The Kier molecular flexibility index (Phi) is 6.31. The zero-order valence-electron chi connectivity index (χ0n) is 14.2. The lowest BCUT2D eigenvalue weighted by atomic mass is 10.2. The Morgan fingerprint density at radius 3 is 2.58 bits per heavy atom. The molecule has 2 rings (SSSR count). The predicted molar refractivity (Wildman–Crippen MR) is 90.7 cm³/mol. The summed E-state index contributed by atoms with van der Waals surface area (Å²) in [5.74, 6) is -1.26. The fraction of sp³-hybridized carbons (Fsp3) is 0.294. The monoisotopic (exact) mass is 362 g/mol. The van der Waals surface area contributed by atoms with Crippen LogP contribution < -0.4 is 21.0 Å². The van der Waals surface area contributed by atoms with Gasteiger partial charge in [-0.05, 0) is 32.0 Å². The van der Waals surface area contributed by atoms with Gasteiger partial charge >= 0.3 is 17.6 Å². The van der Waals surface area contributed by atoms with Gasteiger partial charge in [0, 0.05) is 23.6 Å². The van der Waals surface area contributed by atoms with Gasteiger partial charge in [0.1, 0.15) is 11.3 Å². The number of fused-ring (bicyclic) bond motifs is 1. The number of ether oxygens (including phenoxy) is 2. The van der Waals surface area contributed by atoms with E-state index in [1.54, 1.807) is 32.0 Å². The van der Waals surface area contributed by atoms with Gasteiger partial charge in [0.2, 0.25) is 0 Å². The first-order chi connectivity index (χ1) is 12.3. The zero-order chi connectivity index (χ0) is 19.1. The molecule has 0 saturated carbocycles. The number of nitrogens with one attached hydrogen (secondary N) is 2. The van der Waals surface area contributed by atoms with Crippen molar-refractivity contribution in [3.63, 3.8) is 0 Å². The minimum absolute atomic E-state index is 0.134. The van der Waals surface area contributed by atoms with Crippen molar-refractivity contribution in [3.8, 4) is 5.75 Å². The second-order valence-electron chi connectivity index (χ2n) is 5.58. The van der Waals surface area contributed by atoms with E-state index < -0.39 is 36.7 Å². The number of hydrogen-bond acceptors (Lipinski definition) is 7. The van der Waals surface area contributed by atoms with Crippen LogP contribution in [0.4, 0.5) is 4.79 Å². The van der Waals surface area contributed by atoms with Gasteiger partial charge < -0.3 is 19.2 Å². The normalized spacial score (nSPS) is 10.4. The number of carbonyl (C=O) groups is 3. The standard InChI is InChI=1S/C17H18N2O7/c1-10(2)18-17(23)19-14(20)8-25-16(22)9-24-12-5-3-11-4-6-15(21)26-13(11)7-12/h3-7,10H,8-9H2,1-2H3,(H2,18,19,20,23). The smallest absolute Gasteiger partial charge is 0.344 e. The van der Waals surface area contributed by atoms with E-state index in [9.17, 15) is 19.2 Å². The summed E-state index contributed by atoms with van der Waals surface area (Å²) in [6, 6.07) is 6.82. The molecule has 3 amide bonds. The predicted octanol–water partition coefficient (Wildman–Crippen LogP) is 0.949. The summed E-state index contributed by atoms with van der Waals surface area (Å²) < 4.78 is 15.0. The van der Waals surface area contributed by atoms with Gasteiger partial charge in [0.05, 0.1) is 0 Å². The molecule has 1 aromatic heterocycles. The molecule has 0 fully saturated rings. The fourth-order valence-corrected chi connectivity index (χ4v) is 1.92. The molecule has 0 bridgehead atoms. The number of rotatable bonds is 6. The maximum Gasteiger partial charge on any atom is 0.344 e. The van der Waals surface area contributed by atoms with E-state index in [0.29, 0.717) is 16.7 Å². The van der Waals surface area contributed by atoms with Crippen molar-refractivity contribution in [2.45, 2.75) is 19.9 Å². The molecule has 138 valence electrons. The Morgan fingerprint density at radius 2 is 1.85 bits per heavy atom. The second kappa shape index (κ2) is 8.65. The van der Waals surface area contributed by atoms with E-state index in [2.05, 4.69) is 5.32 Å². The van der Waals surface area contributed by atoms with Gasteiger partial charge in [0.25, 0.3) is 5.91 Å². The van der Waals surface area contributed by atoms with Crippen LogP contribution in [0.15, 0.2) is 39.5 Å². The first kappa shape index (κ1) is 19.0. The van der Waals surface area contributed by atoms with Crippen molar-refractivity contribution in [1.82, 2.24) is 10.6 Å². The Morgan fingerprint density at radius 1 is 1.12 bits per heavy atom. The third kappa shape index (κ3) is 5.93. The van der Waals surface area contributed by atoms with E-state index in [-0.39, 0.29) is 6.04 Å². The number of benzene rings is 1. The molecular formula is C17H18N2O7. The van der Waals surface area contributed by atoms with Gasteiger partial charge in [-0.1, -0.05) is 0 Å². The average Bonchev–Trinajstić information content (AvgIpc) is 2.56. The summed E-state index contributed by atoms with van der Waals surface area (Å²) in [4.78, 5) is 45.6. The van der Waals surface area contributed by atoms with Gasteiger partial charge in [-0.15, -0.1) is 0 Å². The molecule has 0 saturated heterocycles. The quantitative estimate of drug-likeness (QED) is 0.579. The summed E-state index contributed by atoms with van der Waals surface area (Å²) in [6.07, 6.45) is 0. The largest absolute Gasteiger partial charge is 0.482 e. The van der Waals surface area contributed by atoms with Crippen molar-refractivity contribution < 1.29 is 28.3 Å². The van der Waals surface area contributed by atoms with Crippen molar-refractivity contribution in [2.24, 2.45) is 0 Å². The third-order valence-electron chi connectivity index (χ3n) is 2.99. The van der Waals surface area contributed by atoms with Crippen molar-refractivity contribution in [3.05, 3.63) is 40.8 Å². The van der Waals surface area contributed by atoms with Gasteiger partial charge in [0.15, 0.2) is 13.2 Å². The van der Waals surface area contributed by atoms with Gasteiger partial charge in [-0.3, -0.25) is 10.1 Å². The van der Waals surface area contributed by atoms with Crippen LogP contribution in [-0.2, 0) is 14.3 Å². The topological polar surface area (TPSA) is 124 Å². The highest BCUT2D eigenvalue weighted by Crippen LogP contribution is 2.19. The van der Waals surface area contributed by atoms with Crippen molar-refractivity contribution >= 4 is 28.9 Å². The van der Waals surface area contributed by atoms with E-state index in [0.717, 1.165) is 0 Å². The van der Waals surface area contributed by atoms with Crippen molar-refractivity contribution in [2.75, 3.05) is 13.2 Å². The lowest BCUT2D eigenvalue weighted by Gasteiger charge is -2.10. The highest BCUT2D eigenvalue weighted by atomic mass is 16.6. The Balaban J connectivity index is 1.79. The maximum absolute atomic E-state index is 11.6. The highest BCUT2D eigenvalue weighted by Gasteiger charge is 2.12. The molecule has 0 spiro atoms. The summed E-state index contributed by atoms with van der Waals surface area (Å²) in [7, 11) is 0. The Labute approximate surface area is 148 Å². The number of imide groups is 1. The molecule has 0 aliphatic rings. The summed E-state index contributed by atoms with van der Waals surface area (Å²) >= 11 is 0. The van der Waals surface area contributed by atoms with Crippen LogP contribution in [0.5, 0.6) is 5.75 Å². The van der Waals surface area contributed by atoms with Crippen LogP contribution in [0.3, 0.4) is 0 Å². The van der Waals surface area contributed by atoms with E-state index in [4.69, 9.17) is 13.9 Å². The number of hydrogen-bond donors (Lipinski definition) is 2. The zero-order valence-corrected chi connectivity index (χ0v) is 14.2. The molecule has 0 atom stereocenters. The summed E-state index contributed by atoms with van der Waals surface area (Å²) in [5, 5.41) is 5.18. The number of urea groups is 1. The number of esters is 1. The SMILES string of the molecule is CC(C)NC(=O)NC(=O)COC(=O)COc1ccc2ccc(=O)oc2c1. The van der Waals surface area contributed by atoms with Crippen LogP contribution in [0, 0.1) is 0 Å². The number of carbonyl (C=O) groups excluding carboxylic acids is 3. The molecule has 1 aromatic carbocycles. The molecule has 0 aliphatic carbocycles. The van der Waals surface area contributed by atoms with E-state index in [1.165, 1.54) is 12.1 Å². The van der Waals surface area contributed by atoms with Crippen LogP contribution in [0.2, 0.25) is 0 Å². The van der Waals surface area contributed by atoms with Crippen LogP contribution >= 0.6 is 0 Å². The maximum atomic E-state index is 11.6. The molecule has 9 heteroatoms. The van der Waals surface area contributed by atoms with Gasteiger partial charge in [-0.2, -0.15) is 0 Å². The lowest BCUT2D eigenvalue weighted by Crippen LogP contribution is -2.44. The number of amides is 3. The van der Waals surface area contributed by atoms with Crippen LogP contribution in [-0.4, -0.2) is 37.2 Å². The Hall–Kier alpha value is -3.36. The van der Waals surface area contributed by atoms with E-state index >= 15 is 0 Å². The first-order valence-electron chi connectivity index (χ1n) is 7.76. The molecule has 9 nitrogen and oxygen atoms in total. The second-order valence-corrected chi connectivity index (χ2v) is 5.58. The fourth-order valence-electron chi connectivity index (χ4n) is 1.92. The first-order valence-corrected chi connectivity index (χ1v) is 7.76. The van der Waals surface area contributed by atoms with Gasteiger partial charge in [-0.25, -0.2) is 14.4 Å². The molecule has 2 N–H and O–H groups in total. The van der Waals surface area contributed by atoms with Crippen LogP contribution in [0.1, 0.15) is 13.8 Å². The summed E-state index contributed by atoms with van der Waals surface area (Å²) in [5.41, 5.74) is -0.180. The van der Waals surface area contributed by atoms with E-state index in [1.807, 2.05) is 5.32 Å². The third-order valence-corrected chi connectivity index (χ3v) is 2.99. The molecule has 26 heavy (non-hydrogen) atoms. The molecule has 0 radical (unpaired) electrons. The van der Waals surface area contributed by atoms with Crippen LogP contribution in [0.25, 0.3) is 11.0 Å².